The van der Waals surface area contributed by atoms with Gasteiger partial charge in [-0.25, -0.2) is 0 Å². The predicted molar refractivity (Wildman–Crippen MR) is 91.8 cm³/mol. The Hall–Kier alpha value is -2.67. The second-order valence-corrected chi connectivity index (χ2v) is 6.21. The van der Waals surface area contributed by atoms with E-state index in [0.717, 1.165) is 24.1 Å². The number of nitrogens with zero attached hydrogens (tertiary/aromatic N) is 2. The quantitative estimate of drug-likeness (QED) is 0.829. The molecule has 1 fully saturated rings. The van der Waals surface area contributed by atoms with Crippen molar-refractivity contribution < 1.29 is 14.3 Å². The van der Waals surface area contributed by atoms with Gasteiger partial charge in [-0.3, -0.25) is 14.7 Å². The van der Waals surface area contributed by atoms with Crippen LogP contribution in [0.3, 0.4) is 0 Å². The average molecular weight is 342 g/mol. The van der Waals surface area contributed by atoms with Crippen molar-refractivity contribution in [2.24, 2.45) is 5.73 Å². The van der Waals surface area contributed by atoms with Crippen molar-refractivity contribution in [2.45, 2.75) is 25.4 Å². The number of H-pyrrole nitrogens is 1. The molecule has 1 aliphatic heterocycles. The molecule has 2 aromatic rings. The van der Waals surface area contributed by atoms with E-state index in [-0.39, 0.29) is 24.1 Å². The number of carbonyl (C=O) groups is 2. The van der Waals surface area contributed by atoms with Crippen molar-refractivity contribution >= 4 is 11.8 Å². The zero-order valence-electron chi connectivity index (χ0n) is 14.0. The zero-order valence-corrected chi connectivity index (χ0v) is 14.0. The standard InChI is InChI=1S/C18H22N4O3/c19-18(24)16-10-15(20-21-16)14-6-8-22(9-7-14)17(23)12-25-11-13-4-2-1-3-5-13/h1-5,10,14H,6-9,11-12H2,(H2,19,24)(H,20,21). The molecule has 0 bridgehead atoms. The van der Waals surface area contributed by atoms with Crippen molar-refractivity contribution in [3.8, 4) is 0 Å². The van der Waals surface area contributed by atoms with E-state index in [0.29, 0.717) is 19.7 Å². The molecule has 0 spiro atoms. The van der Waals surface area contributed by atoms with Gasteiger partial charge in [0.25, 0.3) is 5.91 Å². The second kappa shape index (κ2) is 7.94. The van der Waals surface area contributed by atoms with Gasteiger partial charge in [-0.1, -0.05) is 30.3 Å². The van der Waals surface area contributed by atoms with Crippen LogP contribution in [0.2, 0.25) is 0 Å². The van der Waals surface area contributed by atoms with Crippen LogP contribution in [0.4, 0.5) is 0 Å². The summed E-state index contributed by atoms with van der Waals surface area (Å²) in [6.45, 7) is 1.87. The summed E-state index contributed by atoms with van der Waals surface area (Å²) in [6.07, 6.45) is 1.65. The van der Waals surface area contributed by atoms with Crippen LogP contribution in [-0.2, 0) is 16.1 Å². The first-order valence-corrected chi connectivity index (χ1v) is 8.38. The molecular weight excluding hydrogens is 320 g/mol. The van der Waals surface area contributed by atoms with Crippen LogP contribution in [0.15, 0.2) is 36.4 Å². The third-order valence-electron chi connectivity index (χ3n) is 4.47. The highest BCUT2D eigenvalue weighted by molar-refractivity contribution is 5.90. The number of aromatic amines is 1. The molecule has 0 saturated carbocycles. The maximum absolute atomic E-state index is 12.2. The maximum atomic E-state index is 12.2. The average Bonchev–Trinajstić information content (AvgIpc) is 3.13. The molecule has 0 aliphatic carbocycles. The van der Waals surface area contributed by atoms with Gasteiger partial charge in [-0.15, -0.1) is 0 Å². The first-order valence-electron chi connectivity index (χ1n) is 8.38. The minimum atomic E-state index is -0.536. The number of primary amides is 1. The van der Waals surface area contributed by atoms with Crippen molar-refractivity contribution in [3.63, 3.8) is 0 Å². The number of hydrogen-bond donors (Lipinski definition) is 2. The number of amides is 2. The summed E-state index contributed by atoms with van der Waals surface area (Å²) in [7, 11) is 0. The molecule has 1 aromatic carbocycles. The van der Waals surface area contributed by atoms with Gasteiger partial charge < -0.3 is 15.4 Å². The Balaban J connectivity index is 1.43. The van der Waals surface area contributed by atoms with Gasteiger partial charge in [-0.2, -0.15) is 5.10 Å². The molecule has 2 amide bonds. The van der Waals surface area contributed by atoms with Gasteiger partial charge in [0.15, 0.2) is 0 Å². The molecule has 7 nitrogen and oxygen atoms in total. The lowest BCUT2D eigenvalue weighted by Crippen LogP contribution is -2.40. The summed E-state index contributed by atoms with van der Waals surface area (Å²) in [5.74, 6) is -0.266. The number of nitrogens with two attached hydrogens (primary N) is 1. The minimum Gasteiger partial charge on any atom is -0.367 e. The molecule has 3 rings (SSSR count). The molecule has 0 atom stereocenters. The molecule has 1 saturated heterocycles. The van der Waals surface area contributed by atoms with Crippen LogP contribution >= 0.6 is 0 Å². The Morgan fingerprint density at radius 1 is 1.24 bits per heavy atom. The minimum absolute atomic E-state index is 0.0109. The van der Waals surface area contributed by atoms with Crippen LogP contribution in [0.5, 0.6) is 0 Å². The van der Waals surface area contributed by atoms with Crippen molar-refractivity contribution in [1.29, 1.82) is 0 Å². The Morgan fingerprint density at radius 2 is 1.96 bits per heavy atom. The van der Waals surface area contributed by atoms with E-state index >= 15 is 0 Å². The summed E-state index contributed by atoms with van der Waals surface area (Å²) < 4.78 is 5.52. The molecule has 0 unspecified atom stereocenters. The van der Waals surface area contributed by atoms with Gasteiger partial charge in [0.2, 0.25) is 5.91 Å². The monoisotopic (exact) mass is 342 g/mol. The molecule has 3 N–H and O–H groups in total. The number of nitrogens with one attached hydrogen (secondary N) is 1. The van der Waals surface area contributed by atoms with E-state index in [2.05, 4.69) is 10.2 Å². The molecule has 0 radical (unpaired) electrons. The summed E-state index contributed by atoms with van der Waals surface area (Å²) in [5.41, 5.74) is 7.43. The molecule has 1 aromatic heterocycles. The molecule has 25 heavy (non-hydrogen) atoms. The number of likely N-dealkylation sites (tertiary alicyclic amines) is 1. The van der Waals surface area contributed by atoms with Crippen LogP contribution in [0, 0.1) is 0 Å². The zero-order chi connectivity index (χ0) is 17.6. The predicted octanol–water partition coefficient (Wildman–Crippen LogP) is 1.43. The SMILES string of the molecule is NC(=O)c1cc(C2CCN(C(=O)COCc3ccccc3)CC2)[nH]n1. The lowest BCUT2D eigenvalue weighted by atomic mass is 9.93. The number of piperidine rings is 1. The Labute approximate surface area is 146 Å². The van der Waals surface area contributed by atoms with Gasteiger partial charge in [0, 0.05) is 24.7 Å². The molecule has 7 heteroatoms. The van der Waals surface area contributed by atoms with Gasteiger partial charge >= 0.3 is 0 Å². The van der Waals surface area contributed by atoms with Crippen LogP contribution < -0.4 is 5.73 Å². The number of benzene rings is 1. The van der Waals surface area contributed by atoms with Crippen LogP contribution in [-0.4, -0.2) is 46.6 Å². The first-order chi connectivity index (χ1) is 12.1. The summed E-state index contributed by atoms with van der Waals surface area (Å²) in [4.78, 5) is 25.2. The fourth-order valence-electron chi connectivity index (χ4n) is 3.03. The smallest absolute Gasteiger partial charge is 0.269 e. The first kappa shape index (κ1) is 17.2. The molecule has 1 aliphatic rings. The summed E-state index contributed by atoms with van der Waals surface area (Å²) in [5, 5.41) is 6.79. The Bertz CT molecular complexity index is 721. The van der Waals surface area contributed by atoms with E-state index in [4.69, 9.17) is 10.5 Å². The van der Waals surface area contributed by atoms with Crippen molar-refractivity contribution in [3.05, 3.63) is 53.3 Å². The second-order valence-electron chi connectivity index (χ2n) is 6.21. The largest absolute Gasteiger partial charge is 0.367 e. The third kappa shape index (κ3) is 4.45. The van der Waals surface area contributed by atoms with Crippen molar-refractivity contribution in [2.75, 3.05) is 19.7 Å². The Kier molecular flexibility index (Phi) is 5.45. The number of carbonyl (C=O) groups excluding carboxylic acids is 2. The maximum Gasteiger partial charge on any atom is 0.269 e. The summed E-state index contributed by atoms with van der Waals surface area (Å²) >= 11 is 0. The van der Waals surface area contributed by atoms with E-state index in [1.165, 1.54) is 0 Å². The molecular formula is C18H22N4O3. The van der Waals surface area contributed by atoms with Gasteiger partial charge in [0.05, 0.1) is 6.61 Å². The highest BCUT2D eigenvalue weighted by Gasteiger charge is 2.25. The fourth-order valence-corrected chi connectivity index (χ4v) is 3.03. The van der Waals surface area contributed by atoms with E-state index in [1.54, 1.807) is 6.07 Å². The number of hydrogen-bond acceptors (Lipinski definition) is 4. The van der Waals surface area contributed by atoms with Crippen LogP contribution in [0.25, 0.3) is 0 Å². The number of aromatic nitrogens is 2. The fraction of sp³-hybridized carbons (Fsp3) is 0.389. The molecule has 132 valence electrons. The Morgan fingerprint density at radius 3 is 2.60 bits per heavy atom. The summed E-state index contributed by atoms with van der Waals surface area (Å²) in [6, 6.07) is 11.5. The van der Waals surface area contributed by atoms with Gasteiger partial charge in [0.1, 0.15) is 12.3 Å². The number of ether oxygens (including phenoxy) is 1. The highest BCUT2D eigenvalue weighted by atomic mass is 16.5. The lowest BCUT2D eigenvalue weighted by molar-refractivity contribution is -0.137. The topological polar surface area (TPSA) is 101 Å². The van der Waals surface area contributed by atoms with Crippen molar-refractivity contribution in [1.82, 2.24) is 15.1 Å². The van der Waals surface area contributed by atoms with E-state index in [1.807, 2.05) is 35.2 Å². The van der Waals surface area contributed by atoms with E-state index in [9.17, 15) is 9.59 Å². The third-order valence-corrected chi connectivity index (χ3v) is 4.47. The lowest BCUT2D eigenvalue weighted by Gasteiger charge is -2.31. The number of rotatable bonds is 6. The van der Waals surface area contributed by atoms with Crippen LogP contribution in [0.1, 0.15) is 40.5 Å². The van der Waals surface area contributed by atoms with Gasteiger partial charge in [-0.05, 0) is 24.5 Å². The normalized spacial score (nSPS) is 15.3. The highest BCUT2D eigenvalue weighted by Crippen LogP contribution is 2.27. The van der Waals surface area contributed by atoms with E-state index < -0.39 is 5.91 Å². The molecule has 2 heterocycles.